The van der Waals surface area contributed by atoms with Crippen LogP contribution in [0.25, 0.3) is 0 Å². The molecule has 0 fully saturated rings. The van der Waals surface area contributed by atoms with Crippen LogP contribution in [-0.4, -0.2) is 46.2 Å². The first-order chi connectivity index (χ1) is 13.4. The maximum Gasteiger partial charge on any atom is 0.352 e. The van der Waals surface area contributed by atoms with Gasteiger partial charge in [0.15, 0.2) is 0 Å². The van der Waals surface area contributed by atoms with Crippen LogP contribution in [0.2, 0.25) is 0 Å². The number of methoxy groups -OCH3 is 2. The van der Waals surface area contributed by atoms with Gasteiger partial charge in [-0.15, -0.1) is 0 Å². The molecule has 0 atom stereocenters. The Hall–Kier alpha value is -3.11. The van der Waals surface area contributed by atoms with Crippen molar-refractivity contribution >= 4 is 29.2 Å². The molecule has 28 heavy (non-hydrogen) atoms. The Morgan fingerprint density at radius 3 is 2.04 bits per heavy atom. The third-order valence-corrected chi connectivity index (χ3v) is 3.80. The zero-order chi connectivity index (χ0) is 20.7. The number of nitrogens with one attached hydrogen (secondary N) is 2. The van der Waals surface area contributed by atoms with Crippen molar-refractivity contribution in [3.8, 4) is 0 Å². The van der Waals surface area contributed by atoms with E-state index >= 15 is 0 Å². The van der Waals surface area contributed by atoms with E-state index in [1.807, 2.05) is 6.92 Å². The summed E-state index contributed by atoms with van der Waals surface area (Å²) in [6.07, 6.45) is 4.16. The van der Waals surface area contributed by atoms with Crippen LogP contribution in [0, 0.1) is 0 Å². The monoisotopic (exact) mass is 392 g/mol. The van der Waals surface area contributed by atoms with Crippen LogP contribution in [0.15, 0.2) is 24.5 Å². The van der Waals surface area contributed by atoms with Gasteiger partial charge in [-0.2, -0.15) is 0 Å². The van der Waals surface area contributed by atoms with E-state index < -0.39 is 11.9 Å². The van der Waals surface area contributed by atoms with Crippen LogP contribution in [-0.2, 0) is 27.7 Å². The highest BCUT2D eigenvalue weighted by molar-refractivity contribution is 6.05. The van der Waals surface area contributed by atoms with Gasteiger partial charge in [-0.1, -0.05) is 6.92 Å². The number of rotatable bonds is 10. The lowest BCUT2D eigenvalue weighted by Gasteiger charge is -2.07. The summed E-state index contributed by atoms with van der Waals surface area (Å²) in [5.41, 5.74) is 1.02. The van der Waals surface area contributed by atoms with E-state index in [1.165, 1.54) is 37.1 Å². The lowest BCUT2D eigenvalue weighted by molar-refractivity contribution is -0.116. The molecule has 10 nitrogen and oxygen atoms in total. The predicted octanol–water partition coefficient (Wildman–Crippen LogP) is 2.19. The van der Waals surface area contributed by atoms with Crippen LogP contribution in [0.5, 0.6) is 0 Å². The summed E-state index contributed by atoms with van der Waals surface area (Å²) in [5.74, 6) is -1.76. The minimum atomic E-state index is -1.14. The molecule has 0 aromatic carbocycles. The van der Waals surface area contributed by atoms with Crippen LogP contribution in [0.4, 0.5) is 11.4 Å². The first-order valence-electron chi connectivity index (χ1n) is 8.62. The number of hydrogen-bond acceptors (Lipinski definition) is 5. The van der Waals surface area contributed by atoms with Gasteiger partial charge in [-0.05, 0) is 18.6 Å². The fourth-order valence-electron chi connectivity index (χ4n) is 2.66. The average molecular weight is 392 g/mol. The van der Waals surface area contributed by atoms with Gasteiger partial charge in [0.25, 0.3) is 5.91 Å². The van der Waals surface area contributed by atoms with Crippen molar-refractivity contribution in [2.24, 2.45) is 0 Å². The summed E-state index contributed by atoms with van der Waals surface area (Å²) in [6, 6.07) is 2.87. The van der Waals surface area contributed by atoms with Gasteiger partial charge in [0.1, 0.15) is 24.8 Å². The molecule has 2 aromatic rings. The number of anilines is 2. The summed E-state index contributed by atoms with van der Waals surface area (Å²) in [6.45, 7) is 2.04. The Bertz CT molecular complexity index is 854. The van der Waals surface area contributed by atoms with Crippen molar-refractivity contribution in [1.82, 2.24) is 9.13 Å². The maximum absolute atomic E-state index is 12.7. The number of aromatic nitrogens is 2. The summed E-state index contributed by atoms with van der Waals surface area (Å²) in [4.78, 5) is 35.8. The number of carbonyl (C=O) groups is 3. The molecule has 2 aromatic heterocycles. The van der Waals surface area contributed by atoms with Gasteiger partial charge in [-0.3, -0.25) is 9.59 Å². The Morgan fingerprint density at radius 2 is 1.50 bits per heavy atom. The molecule has 10 heteroatoms. The standard InChI is InChI=1S/C18H24N4O6/c1-4-5-16(23)19-12-6-14(21(8-12)10-27-2)17(24)20-13-7-15(18(25)26)22(9-13)11-28-3/h6-9H,4-5,10-11H2,1-3H3,(H,19,23)(H,20,24)(H,25,26). The van der Waals surface area contributed by atoms with Crippen molar-refractivity contribution in [3.05, 3.63) is 35.9 Å². The number of aromatic carboxylic acids is 1. The van der Waals surface area contributed by atoms with Crippen LogP contribution < -0.4 is 10.6 Å². The molecule has 0 unspecified atom stereocenters. The summed E-state index contributed by atoms with van der Waals surface area (Å²) >= 11 is 0. The second kappa shape index (κ2) is 9.72. The number of carboxylic acid groups (broad SMARTS) is 1. The van der Waals surface area contributed by atoms with Gasteiger partial charge in [0.05, 0.1) is 11.4 Å². The molecule has 0 bridgehead atoms. The minimum Gasteiger partial charge on any atom is -0.477 e. The van der Waals surface area contributed by atoms with Gasteiger partial charge in [-0.25, -0.2) is 4.79 Å². The molecule has 0 saturated heterocycles. The quantitative estimate of drug-likeness (QED) is 0.569. The molecule has 2 amide bonds. The van der Waals surface area contributed by atoms with E-state index in [1.54, 1.807) is 10.8 Å². The van der Waals surface area contributed by atoms with E-state index in [4.69, 9.17) is 9.47 Å². The van der Waals surface area contributed by atoms with Gasteiger partial charge >= 0.3 is 5.97 Å². The molecular weight excluding hydrogens is 368 g/mol. The molecule has 0 aliphatic carbocycles. The fraction of sp³-hybridized carbons (Fsp3) is 0.389. The highest BCUT2D eigenvalue weighted by Gasteiger charge is 2.18. The topological polar surface area (TPSA) is 124 Å². The summed E-state index contributed by atoms with van der Waals surface area (Å²) in [7, 11) is 2.93. The predicted molar refractivity (Wildman–Crippen MR) is 101 cm³/mol. The zero-order valence-electron chi connectivity index (χ0n) is 16.0. The molecule has 2 rings (SSSR count). The second-order valence-corrected chi connectivity index (χ2v) is 6.06. The average Bonchev–Trinajstić information content (AvgIpc) is 3.20. The largest absolute Gasteiger partial charge is 0.477 e. The molecule has 0 radical (unpaired) electrons. The number of hydrogen-bond donors (Lipinski definition) is 3. The lowest BCUT2D eigenvalue weighted by Crippen LogP contribution is -2.17. The molecule has 2 heterocycles. The summed E-state index contributed by atoms with van der Waals surface area (Å²) < 4.78 is 13.0. The minimum absolute atomic E-state index is 0.0167. The van der Waals surface area contributed by atoms with E-state index in [9.17, 15) is 19.5 Å². The molecular formula is C18H24N4O6. The maximum atomic E-state index is 12.7. The Morgan fingerprint density at radius 1 is 0.964 bits per heavy atom. The van der Waals surface area contributed by atoms with E-state index in [0.29, 0.717) is 24.2 Å². The molecule has 152 valence electrons. The number of carboxylic acids is 1. The normalized spacial score (nSPS) is 10.7. The molecule has 0 aliphatic heterocycles. The summed E-state index contributed by atoms with van der Waals surface area (Å²) in [5, 5.41) is 14.6. The number of nitrogens with zero attached hydrogens (tertiary/aromatic N) is 2. The van der Waals surface area contributed by atoms with Crippen LogP contribution >= 0.6 is 0 Å². The molecule has 0 aliphatic rings. The van der Waals surface area contributed by atoms with E-state index in [-0.39, 0.29) is 30.8 Å². The smallest absolute Gasteiger partial charge is 0.352 e. The van der Waals surface area contributed by atoms with Crippen molar-refractivity contribution in [3.63, 3.8) is 0 Å². The third kappa shape index (κ3) is 5.21. The van der Waals surface area contributed by atoms with Crippen molar-refractivity contribution in [2.75, 3.05) is 24.9 Å². The Balaban J connectivity index is 2.23. The SMILES string of the molecule is CCCC(=O)Nc1cc(C(=O)Nc2cc(C(=O)O)n(COC)c2)n(COC)c1. The molecule has 0 spiro atoms. The third-order valence-electron chi connectivity index (χ3n) is 3.80. The number of amides is 2. The zero-order valence-corrected chi connectivity index (χ0v) is 16.0. The fourth-order valence-corrected chi connectivity index (χ4v) is 2.66. The second-order valence-electron chi connectivity index (χ2n) is 6.06. The van der Waals surface area contributed by atoms with Gasteiger partial charge < -0.3 is 34.3 Å². The van der Waals surface area contributed by atoms with Crippen molar-refractivity contribution < 1.29 is 29.0 Å². The molecule has 0 saturated carbocycles. The van der Waals surface area contributed by atoms with Crippen molar-refractivity contribution in [2.45, 2.75) is 33.2 Å². The van der Waals surface area contributed by atoms with E-state index in [2.05, 4.69) is 10.6 Å². The van der Waals surface area contributed by atoms with Gasteiger partial charge in [0, 0.05) is 33.0 Å². The highest BCUT2D eigenvalue weighted by Crippen LogP contribution is 2.19. The van der Waals surface area contributed by atoms with Crippen molar-refractivity contribution in [1.29, 1.82) is 0 Å². The Labute approximate surface area is 162 Å². The van der Waals surface area contributed by atoms with Crippen LogP contribution in [0.3, 0.4) is 0 Å². The first-order valence-corrected chi connectivity index (χ1v) is 8.62. The lowest BCUT2D eigenvalue weighted by atomic mass is 10.3. The first kappa shape index (κ1) is 21.2. The Kier molecular flexibility index (Phi) is 7.36. The van der Waals surface area contributed by atoms with E-state index in [0.717, 1.165) is 0 Å². The van der Waals surface area contributed by atoms with Crippen LogP contribution in [0.1, 0.15) is 40.7 Å². The van der Waals surface area contributed by atoms with Gasteiger partial charge in [0.2, 0.25) is 5.91 Å². The highest BCUT2D eigenvalue weighted by atomic mass is 16.5. The number of ether oxygens (including phenoxy) is 2. The molecule has 3 N–H and O–H groups in total. The number of carbonyl (C=O) groups excluding carboxylic acids is 2.